The van der Waals surface area contributed by atoms with Gasteiger partial charge in [-0.1, -0.05) is 30.3 Å². The molecule has 35 heavy (non-hydrogen) atoms. The molecule has 0 N–H and O–H groups in total. The smallest absolute Gasteiger partial charge is 0.204 e. The van der Waals surface area contributed by atoms with Gasteiger partial charge in [0.2, 0.25) is 5.75 Å². The molecule has 3 aromatic rings. The van der Waals surface area contributed by atoms with Gasteiger partial charge in [-0.2, -0.15) is 0 Å². The van der Waals surface area contributed by atoms with E-state index in [1.54, 1.807) is 31.4 Å². The molecule has 7 heteroatoms. The zero-order valence-electron chi connectivity index (χ0n) is 19.9. The summed E-state index contributed by atoms with van der Waals surface area (Å²) in [4.78, 5) is 12.6. The zero-order chi connectivity index (χ0) is 24.6. The van der Waals surface area contributed by atoms with Crippen LogP contribution in [0, 0.1) is 5.92 Å². The summed E-state index contributed by atoms with van der Waals surface area (Å²) in [5.74, 6) is 2.39. The summed E-state index contributed by atoms with van der Waals surface area (Å²) in [6.45, 7) is 0.808. The first-order valence-electron chi connectivity index (χ1n) is 11.8. The van der Waals surface area contributed by atoms with E-state index < -0.39 is 9.84 Å². The zero-order valence-corrected chi connectivity index (χ0v) is 20.7. The summed E-state index contributed by atoms with van der Waals surface area (Å²) in [5, 5.41) is 0. The lowest BCUT2D eigenvalue weighted by Gasteiger charge is -2.20. The largest absolute Gasteiger partial charge is 0.493 e. The molecular weight excluding hydrogens is 464 g/mol. The van der Waals surface area contributed by atoms with Gasteiger partial charge < -0.3 is 14.2 Å². The Bertz CT molecular complexity index is 1370. The van der Waals surface area contributed by atoms with Crippen LogP contribution in [0.5, 0.6) is 17.2 Å². The molecule has 0 amide bonds. The molecule has 3 aromatic carbocycles. The number of fused-ring (bicyclic) bond motifs is 1. The second-order valence-electron chi connectivity index (χ2n) is 9.19. The molecule has 182 valence electrons. The van der Waals surface area contributed by atoms with Crippen molar-refractivity contribution in [2.45, 2.75) is 37.2 Å². The Morgan fingerprint density at radius 3 is 2.29 bits per heavy atom. The Hall–Kier alpha value is -3.32. The van der Waals surface area contributed by atoms with Crippen molar-refractivity contribution in [2.75, 3.05) is 20.0 Å². The molecule has 5 rings (SSSR count). The molecule has 6 nitrogen and oxygen atoms in total. The van der Waals surface area contributed by atoms with Crippen molar-refractivity contribution < 1.29 is 27.4 Å². The lowest BCUT2D eigenvalue weighted by molar-refractivity contribution is 0.0994. The molecule has 2 aliphatic carbocycles. The number of sulfone groups is 1. The quantitative estimate of drug-likeness (QED) is 0.405. The van der Waals surface area contributed by atoms with Crippen molar-refractivity contribution in [3.8, 4) is 28.4 Å². The van der Waals surface area contributed by atoms with Gasteiger partial charge in [0.05, 0.1) is 18.6 Å². The lowest BCUT2D eigenvalue weighted by atomic mass is 9.95. The summed E-state index contributed by atoms with van der Waals surface area (Å²) in [7, 11) is -1.67. The van der Waals surface area contributed by atoms with E-state index in [1.807, 2.05) is 30.3 Å². The molecule has 0 saturated heterocycles. The van der Waals surface area contributed by atoms with Crippen molar-refractivity contribution in [2.24, 2.45) is 5.92 Å². The molecule has 0 spiro atoms. The Labute approximate surface area is 205 Å². The third-order valence-electron chi connectivity index (χ3n) is 6.56. The number of Topliss-reactive ketones (excluding diaryl/α,β-unsaturated/α-hetero) is 1. The maximum absolute atomic E-state index is 12.4. The lowest BCUT2D eigenvalue weighted by Crippen LogP contribution is -2.06. The number of hydrogen-bond donors (Lipinski definition) is 0. The highest BCUT2D eigenvalue weighted by Gasteiger charge is 2.28. The minimum Gasteiger partial charge on any atom is -0.493 e. The van der Waals surface area contributed by atoms with E-state index in [0.29, 0.717) is 42.6 Å². The average molecular weight is 493 g/mol. The van der Waals surface area contributed by atoms with Gasteiger partial charge in [-0.15, -0.1) is 0 Å². The first-order chi connectivity index (χ1) is 16.8. The van der Waals surface area contributed by atoms with E-state index in [9.17, 15) is 13.2 Å². The molecule has 0 bridgehead atoms. The van der Waals surface area contributed by atoms with Crippen LogP contribution in [0.3, 0.4) is 0 Å². The number of benzene rings is 3. The van der Waals surface area contributed by atoms with E-state index >= 15 is 0 Å². The molecule has 0 heterocycles. The van der Waals surface area contributed by atoms with Gasteiger partial charge in [0.25, 0.3) is 0 Å². The van der Waals surface area contributed by atoms with Crippen LogP contribution >= 0.6 is 0 Å². The van der Waals surface area contributed by atoms with E-state index in [1.165, 1.54) is 6.26 Å². The predicted octanol–water partition coefficient (Wildman–Crippen LogP) is 5.26. The highest BCUT2D eigenvalue weighted by Crippen LogP contribution is 2.47. The standard InChI is InChI=1S/C28H28O6S/c1-32-26-15-13-24(21-4-3-5-23-22(21)12-14-25(23)29)27(28(26)34-17-18-6-7-18)33-16-19-8-10-20(11-9-19)35(2,30)31/h3-5,8-11,13,15,18H,6-7,12,14,16-17H2,1-2H3. The molecule has 0 aromatic heterocycles. The van der Waals surface area contributed by atoms with Crippen LogP contribution in [0.15, 0.2) is 59.5 Å². The Morgan fingerprint density at radius 2 is 1.60 bits per heavy atom. The Kier molecular flexibility index (Phi) is 6.28. The summed E-state index contributed by atoms with van der Waals surface area (Å²) in [5.41, 5.74) is 4.41. The van der Waals surface area contributed by atoms with Crippen LogP contribution in [-0.4, -0.2) is 34.2 Å². The third-order valence-corrected chi connectivity index (χ3v) is 7.69. The van der Waals surface area contributed by atoms with E-state index in [-0.39, 0.29) is 17.3 Å². The first-order valence-corrected chi connectivity index (χ1v) is 13.7. The number of ketones is 1. The van der Waals surface area contributed by atoms with Gasteiger partial charge in [0, 0.05) is 23.8 Å². The van der Waals surface area contributed by atoms with Crippen molar-refractivity contribution in [3.05, 3.63) is 71.3 Å². The fraction of sp³-hybridized carbons (Fsp3) is 0.321. The van der Waals surface area contributed by atoms with Crippen LogP contribution in [0.1, 0.15) is 40.7 Å². The third kappa shape index (κ3) is 4.91. The topological polar surface area (TPSA) is 78.9 Å². The molecule has 1 saturated carbocycles. The van der Waals surface area contributed by atoms with E-state index in [2.05, 4.69) is 0 Å². The van der Waals surface area contributed by atoms with Gasteiger partial charge in [0.15, 0.2) is 27.1 Å². The van der Waals surface area contributed by atoms with Crippen LogP contribution < -0.4 is 14.2 Å². The highest BCUT2D eigenvalue weighted by atomic mass is 32.2. The van der Waals surface area contributed by atoms with Crippen LogP contribution in [0.25, 0.3) is 11.1 Å². The van der Waals surface area contributed by atoms with Gasteiger partial charge in [-0.3, -0.25) is 4.79 Å². The average Bonchev–Trinajstić information content (AvgIpc) is 3.61. The minimum absolute atomic E-state index is 0.161. The fourth-order valence-electron chi connectivity index (χ4n) is 4.41. The number of carbonyl (C=O) groups is 1. The molecule has 1 fully saturated rings. The number of carbonyl (C=O) groups excluding carboxylic acids is 1. The monoisotopic (exact) mass is 492 g/mol. The van der Waals surface area contributed by atoms with Gasteiger partial charge >= 0.3 is 0 Å². The minimum atomic E-state index is -3.27. The van der Waals surface area contributed by atoms with E-state index in [0.717, 1.165) is 40.7 Å². The Balaban J connectivity index is 1.55. The molecule has 0 radical (unpaired) electrons. The molecular formula is C28H28O6S. The van der Waals surface area contributed by atoms with Gasteiger partial charge in [-0.25, -0.2) is 8.42 Å². The fourth-order valence-corrected chi connectivity index (χ4v) is 5.04. The van der Waals surface area contributed by atoms with Gasteiger partial charge in [0.1, 0.15) is 6.61 Å². The molecule has 0 atom stereocenters. The summed E-state index contributed by atoms with van der Waals surface area (Å²) in [6.07, 6.45) is 4.70. The summed E-state index contributed by atoms with van der Waals surface area (Å²) in [6, 6.07) is 16.3. The summed E-state index contributed by atoms with van der Waals surface area (Å²) >= 11 is 0. The number of rotatable bonds is 9. The van der Waals surface area contributed by atoms with Gasteiger partial charge in [-0.05, 0) is 66.1 Å². The number of methoxy groups -OCH3 is 1. The molecule has 2 aliphatic rings. The van der Waals surface area contributed by atoms with E-state index in [4.69, 9.17) is 14.2 Å². The van der Waals surface area contributed by atoms with Crippen LogP contribution in [0.2, 0.25) is 0 Å². The Morgan fingerprint density at radius 1 is 0.857 bits per heavy atom. The molecule has 0 unspecified atom stereocenters. The highest BCUT2D eigenvalue weighted by molar-refractivity contribution is 7.90. The molecule has 0 aliphatic heterocycles. The van der Waals surface area contributed by atoms with Crippen LogP contribution in [0.4, 0.5) is 0 Å². The van der Waals surface area contributed by atoms with Crippen LogP contribution in [-0.2, 0) is 22.9 Å². The van der Waals surface area contributed by atoms with Crippen molar-refractivity contribution in [1.82, 2.24) is 0 Å². The first kappa shape index (κ1) is 23.4. The number of hydrogen-bond acceptors (Lipinski definition) is 6. The van der Waals surface area contributed by atoms with Crippen molar-refractivity contribution in [1.29, 1.82) is 0 Å². The SMILES string of the molecule is COc1ccc(-c2cccc3c2CCC3=O)c(OCc2ccc(S(C)(=O)=O)cc2)c1OCC1CC1. The second kappa shape index (κ2) is 9.38. The second-order valence-corrected chi connectivity index (χ2v) is 11.2. The maximum Gasteiger partial charge on any atom is 0.204 e. The van der Waals surface area contributed by atoms with Crippen molar-refractivity contribution >= 4 is 15.6 Å². The normalized spacial score (nSPS) is 15.1. The summed E-state index contributed by atoms with van der Waals surface area (Å²) < 4.78 is 41.8. The maximum atomic E-state index is 12.4. The number of ether oxygens (including phenoxy) is 3. The predicted molar refractivity (Wildman–Crippen MR) is 133 cm³/mol. The van der Waals surface area contributed by atoms with Crippen molar-refractivity contribution in [3.63, 3.8) is 0 Å².